The Morgan fingerprint density at radius 1 is 1.12 bits per heavy atom. The molecule has 0 bridgehead atoms. The fraction of sp³-hybridized carbons (Fsp3) is 0.190. The van der Waals surface area contributed by atoms with Gasteiger partial charge in [0.15, 0.2) is 0 Å². The van der Waals surface area contributed by atoms with Crippen LogP contribution >= 0.6 is 27.5 Å². The third-order valence-corrected chi connectivity index (χ3v) is 6.47. The highest BCUT2D eigenvalue weighted by Crippen LogP contribution is 2.38. The molecule has 0 N–H and O–H groups in total. The Labute approximate surface area is 191 Å². The third kappa shape index (κ3) is 3.75. The minimum Gasteiger partial charge on any atom is -0.496 e. The summed E-state index contributed by atoms with van der Waals surface area (Å²) in [4.78, 5) is 25.1. The number of hydrogen-bond acceptors (Lipinski definition) is 5. The minimum absolute atomic E-state index is 0.147. The van der Waals surface area contributed by atoms with Crippen LogP contribution in [0.25, 0.3) is 27.0 Å². The Balaban J connectivity index is 1.95. The lowest BCUT2D eigenvalue weighted by atomic mass is 10.0. The summed E-state index contributed by atoms with van der Waals surface area (Å²) in [6.07, 6.45) is -4.82. The van der Waals surface area contributed by atoms with Crippen LogP contribution in [0.2, 0.25) is 0 Å². The number of hydrogen-bond donors (Lipinski definition) is 0. The van der Waals surface area contributed by atoms with Gasteiger partial charge in [0.2, 0.25) is 0 Å². The van der Waals surface area contributed by atoms with Gasteiger partial charge in [-0.05, 0) is 47.4 Å². The molecule has 2 aromatic carbocycles. The van der Waals surface area contributed by atoms with E-state index in [1.807, 2.05) is 18.2 Å². The van der Waals surface area contributed by atoms with Crippen molar-refractivity contribution in [1.29, 1.82) is 0 Å². The number of ether oxygens (including phenoxy) is 1. The van der Waals surface area contributed by atoms with Gasteiger partial charge in [-0.3, -0.25) is 9.36 Å². The van der Waals surface area contributed by atoms with E-state index in [9.17, 15) is 22.8 Å². The summed E-state index contributed by atoms with van der Waals surface area (Å²) in [5.74, 6) is 0.593. The zero-order chi connectivity index (χ0) is 23.2. The molecule has 0 saturated heterocycles. The Morgan fingerprint density at radius 2 is 1.88 bits per heavy atom. The first-order valence-electron chi connectivity index (χ1n) is 9.19. The van der Waals surface area contributed by atoms with Crippen molar-refractivity contribution >= 4 is 37.5 Å². The third-order valence-electron chi connectivity index (χ3n) is 5.00. The molecule has 4 rings (SSSR count). The summed E-state index contributed by atoms with van der Waals surface area (Å²) in [6, 6.07) is 10.8. The smallest absolute Gasteiger partial charge is 0.431 e. The van der Waals surface area contributed by atoms with Crippen LogP contribution < -0.4 is 16.0 Å². The average molecular weight is 526 g/mol. The molecule has 32 heavy (non-hydrogen) atoms. The van der Waals surface area contributed by atoms with Crippen LogP contribution in [0, 0.1) is 0 Å². The molecule has 0 amide bonds. The van der Waals surface area contributed by atoms with E-state index >= 15 is 0 Å². The zero-order valence-corrected chi connectivity index (χ0v) is 19.1. The number of methoxy groups -OCH3 is 1. The van der Waals surface area contributed by atoms with Crippen molar-refractivity contribution in [2.24, 2.45) is 7.05 Å². The molecule has 2 heterocycles. The topological polar surface area (TPSA) is 66.1 Å². The summed E-state index contributed by atoms with van der Waals surface area (Å²) >= 11 is 4.65. The van der Waals surface area contributed by atoms with Crippen LogP contribution in [0.5, 0.6) is 5.75 Å². The molecule has 11 heteroatoms. The van der Waals surface area contributed by atoms with Crippen molar-refractivity contribution in [3.8, 4) is 22.7 Å². The lowest BCUT2D eigenvalue weighted by Crippen LogP contribution is -2.40. The van der Waals surface area contributed by atoms with Gasteiger partial charge in [0, 0.05) is 29.4 Å². The average Bonchev–Trinajstić information content (AvgIpc) is 3.18. The number of fused-ring (bicyclic) bond motifs is 1. The highest BCUT2D eigenvalue weighted by Gasteiger charge is 2.35. The van der Waals surface area contributed by atoms with Gasteiger partial charge >= 0.3 is 11.9 Å². The van der Waals surface area contributed by atoms with Gasteiger partial charge in [-0.2, -0.15) is 17.5 Å². The first-order valence-corrected chi connectivity index (χ1v) is 11.1. The standard InChI is InChI=1S/C21H15BrF3N3O3S/c1-27-17(21(23,24)25)9-18(29)28(20(27)30)12-4-6-16-14(8-12)19(26-32-16)13-7-11(10-22)3-5-15(13)31-2/h3-9H,10H2,1-2H3. The molecule has 0 aliphatic heterocycles. The number of halogens is 4. The summed E-state index contributed by atoms with van der Waals surface area (Å²) in [7, 11) is 2.52. The van der Waals surface area contributed by atoms with Crippen LogP contribution in [-0.2, 0) is 18.6 Å². The van der Waals surface area contributed by atoms with Gasteiger partial charge in [0.25, 0.3) is 5.56 Å². The van der Waals surface area contributed by atoms with Crippen molar-refractivity contribution in [1.82, 2.24) is 13.5 Å². The van der Waals surface area contributed by atoms with E-state index in [1.54, 1.807) is 12.1 Å². The first kappa shape index (κ1) is 22.3. The summed E-state index contributed by atoms with van der Waals surface area (Å²) in [5, 5.41) is 1.26. The van der Waals surface area contributed by atoms with Crippen LogP contribution in [-0.4, -0.2) is 20.6 Å². The number of rotatable bonds is 4. The van der Waals surface area contributed by atoms with Gasteiger partial charge in [0.05, 0.1) is 23.2 Å². The second-order valence-corrected chi connectivity index (χ2v) is 8.29. The number of alkyl halides is 4. The summed E-state index contributed by atoms with van der Waals surface area (Å²) in [5.41, 5.74) is -1.01. The maximum Gasteiger partial charge on any atom is 0.431 e. The van der Waals surface area contributed by atoms with E-state index in [-0.39, 0.29) is 5.69 Å². The predicted molar refractivity (Wildman–Crippen MR) is 120 cm³/mol. The van der Waals surface area contributed by atoms with Crippen LogP contribution in [0.1, 0.15) is 11.3 Å². The predicted octanol–water partition coefficient (Wildman–Crippen LogP) is 4.74. The number of aromatic nitrogens is 3. The van der Waals surface area contributed by atoms with Crippen LogP contribution in [0.3, 0.4) is 0 Å². The lowest BCUT2D eigenvalue weighted by molar-refractivity contribution is -0.144. The van der Waals surface area contributed by atoms with Crippen molar-refractivity contribution in [3.63, 3.8) is 0 Å². The molecule has 0 aliphatic rings. The molecule has 0 radical (unpaired) electrons. The van der Waals surface area contributed by atoms with E-state index in [0.717, 1.165) is 22.9 Å². The minimum atomic E-state index is -4.82. The van der Waals surface area contributed by atoms with Crippen LogP contribution in [0.4, 0.5) is 13.2 Å². The zero-order valence-electron chi connectivity index (χ0n) is 16.7. The lowest BCUT2D eigenvalue weighted by Gasteiger charge is -2.14. The van der Waals surface area contributed by atoms with Gasteiger partial charge in [-0.1, -0.05) is 22.0 Å². The first-order chi connectivity index (χ1) is 15.2. The van der Waals surface area contributed by atoms with Crippen molar-refractivity contribution in [3.05, 3.63) is 74.6 Å². The van der Waals surface area contributed by atoms with E-state index in [4.69, 9.17) is 4.74 Å². The summed E-state index contributed by atoms with van der Waals surface area (Å²) < 4.78 is 51.4. The largest absolute Gasteiger partial charge is 0.496 e. The second-order valence-electron chi connectivity index (χ2n) is 6.92. The molecular formula is C21H15BrF3N3O3S. The maximum absolute atomic E-state index is 13.2. The highest BCUT2D eigenvalue weighted by atomic mass is 79.9. The molecule has 0 aliphatic carbocycles. The highest BCUT2D eigenvalue weighted by molar-refractivity contribution is 9.08. The molecule has 2 aromatic heterocycles. The maximum atomic E-state index is 13.2. The monoisotopic (exact) mass is 525 g/mol. The second kappa shape index (κ2) is 8.21. The van der Waals surface area contributed by atoms with Gasteiger partial charge < -0.3 is 4.74 Å². The molecule has 6 nitrogen and oxygen atoms in total. The molecule has 166 valence electrons. The normalized spacial score (nSPS) is 11.8. The molecule has 0 saturated carbocycles. The van der Waals surface area contributed by atoms with E-state index < -0.39 is 23.1 Å². The Bertz CT molecular complexity index is 1460. The number of nitrogens with zero attached hydrogens (tertiary/aromatic N) is 3. The molecule has 0 spiro atoms. The van der Waals surface area contributed by atoms with Crippen LogP contribution in [0.15, 0.2) is 52.1 Å². The van der Waals surface area contributed by atoms with Crippen molar-refractivity contribution in [2.75, 3.05) is 7.11 Å². The molecule has 4 aromatic rings. The SMILES string of the molecule is COc1ccc(CBr)cc1-c1nsc2ccc(-n3c(=O)cc(C(F)(F)F)n(C)c3=O)cc12. The Hall–Kier alpha value is -2.92. The Morgan fingerprint density at radius 3 is 2.53 bits per heavy atom. The molecule has 0 atom stereocenters. The molecular weight excluding hydrogens is 511 g/mol. The fourth-order valence-electron chi connectivity index (χ4n) is 3.42. The van der Waals surface area contributed by atoms with Gasteiger partial charge in [-0.15, -0.1) is 0 Å². The van der Waals surface area contributed by atoms with Gasteiger partial charge in [0.1, 0.15) is 11.4 Å². The van der Waals surface area contributed by atoms with E-state index in [1.165, 1.54) is 24.7 Å². The van der Waals surface area contributed by atoms with Crippen molar-refractivity contribution < 1.29 is 17.9 Å². The molecule has 0 fully saturated rings. The molecule has 0 unspecified atom stereocenters. The Kier molecular flexibility index (Phi) is 5.72. The van der Waals surface area contributed by atoms with E-state index in [2.05, 4.69) is 20.3 Å². The van der Waals surface area contributed by atoms with E-state index in [0.29, 0.717) is 37.4 Å². The number of benzene rings is 2. The summed E-state index contributed by atoms with van der Waals surface area (Å²) in [6.45, 7) is 0. The quantitative estimate of drug-likeness (QED) is 0.361. The van der Waals surface area contributed by atoms with Gasteiger partial charge in [-0.25, -0.2) is 9.36 Å². The fourth-order valence-corrected chi connectivity index (χ4v) is 4.54. The van der Waals surface area contributed by atoms with Crippen molar-refractivity contribution in [2.45, 2.75) is 11.5 Å².